The molecule has 0 unspecified atom stereocenters. The first-order valence-corrected chi connectivity index (χ1v) is 17.4. The van der Waals surface area contributed by atoms with Crippen molar-refractivity contribution in [3.63, 3.8) is 0 Å². The summed E-state index contributed by atoms with van der Waals surface area (Å²) in [6, 6.07) is 13.6. The third kappa shape index (κ3) is 7.48. The van der Waals surface area contributed by atoms with Gasteiger partial charge in [-0.2, -0.15) is 8.42 Å². The van der Waals surface area contributed by atoms with E-state index in [1.54, 1.807) is 24.3 Å². The van der Waals surface area contributed by atoms with Crippen LogP contribution in [0.5, 0.6) is 0 Å². The minimum Gasteiger partial charge on any atom is -0.744 e. The summed E-state index contributed by atoms with van der Waals surface area (Å²) in [6.45, 7) is 6.17. The predicted molar refractivity (Wildman–Crippen MR) is 167 cm³/mol. The summed E-state index contributed by atoms with van der Waals surface area (Å²) in [4.78, 5) is 0.492. The number of unbranched alkanes of at least 4 members (excludes halogenated alkanes) is 2. The van der Waals surface area contributed by atoms with E-state index in [-0.39, 0.29) is 18.8 Å². The van der Waals surface area contributed by atoms with Crippen molar-refractivity contribution in [1.82, 2.24) is 4.58 Å². The molecule has 0 spiro atoms. The van der Waals surface area contributed by atoms with Gasteiger partial charge in [-0.25, -0.2) is 13.0 Å². The molecule has 238 valence electrons. The van der Waals surface area contributed by atoms with Crippen molar-refractivity contribution in [3.05, 3.63) is 60.0 Å². The van der Waals surface area contributed by atoms with Crippen molar-refractivity contribution < 1.29 is 40.6 Å². The Morgan fingerprint density at radius 3 is 2.20 bits per heavy atom. The molecule has 1 heterocycles. The van der Waals surface area contributed by atoms with Gasteiger partial charge in [-0.1, -0.05) is 32.8 Å². The molecule has 0 atom stereocenters. The van der Waals surface area contributed by atoms with Gasteiger partial charge in [0, 0.05) is 59.4 Å². The summed E-state index contributed by atoms with van der Waals surface area (Å²) in [5.74, 6) is 0.372. The van der Waals surface area contributed by atoms with Gasteiger partial charge in [-0.05, 0) is 36.8 Å². The SMILES string of the molecule is CCCCN(CCO)c1ccc2c(-c3ccc(S(=O)(=O)O)cc3S(=O)(=O)[O-])c3ccc(=[N+](CCO)CCCC)cc-3oc2c1. The molecule has 0 bridgehead atoms. The normalized spacial score (nSPS) is 13.0. The highest BCUT2D eigenvalue weighted by Gasteiger charge is 2.25. The van der Waals surface area contributed by atoms with E-state index in [4.69, 9.17) is 4.42 Å². The van der Waals surface area contributed by atoms with Crippen LogP contribution in [-0.4, -0.2) is 75.5 Å². The Kier molecular flexibility index (Phi) is 10.8. The summed E-state index contributed by atoms with van der Waals surface area (Å²) < 4.78 is 79.2. The quantitative estimate of drug-likeness (QED) is 0.105. The zero-order valence-electron chi connectivity index (χ0n) is 24.8. The molecule has 0 aromatic heterocycles. The van der Waals surface area contributed by atoms with Crippen LogP contribution in [0.3, 0.4) is 0 Å². The number of aliphatic hydroxyl groups is 2. The highest BCUT2D eigenvalue weighted by Crippen LogP contribution is 2.43. The summed E-state index contributed by atoms with van der Waals surface area (Å²) in [5, 5.41) is 20.6. The number of fused-ring (bicyclic) bond motifs is 2. The molecule has 2 aliphatic rings. The van der Waals surface area contributed by atoms with Crippen LogP contribution in [0.2, 0.25) is 0 Å². The lowest BCUT2D eigenvalue weighted by atomic mass is 9.93. The second-order valence-electron chi connectivity index (χ2n) is 10.6. The van der Waals surface area contributed by atoms with Gasteiger partial charge in [0.15, 0.2) is 6.54 Å². The average Bonchev–Trinajstić information content (AvgIpc) is 2.98. The fourth-order valence-corrected chi connectivity index (χ4v) is 6.60. The van der Waals surface area contributed by atoms with Crippen molar-refractivity contribution in [2.75, 3.05) is 44.3 Å². The van der Waals surface area contributed by atoms with Crippen LogP contribution in [-0.2, 0) is 20.2 Å². The van der Waals surface area contributed by atoms with Crippen LogP contribution in [0, 0.1) is 0 Å². The maximum absolute atomic E-state index is 12.5. The molecule has 0 saturated heterocycles. The first-order chi connectivity index (χ1) is 20.9. The Labute approximate surface area is 257 Å². The van der Waals surface area contributed by atoms with Crippen LogP contribution in [0.1, 0.15) is 39.5 Å². The molecule has 2 aromatic carbocycles. The van der Waals surface area contributed by atoms with Crippen LogP contribution >= 0.6 is 0 Å². The number of nitrogens with zero attached hydrogens (tertiary/aromatic N) is 2. The fourth-order valence-electron chi connectivity index (χ4n) is 5.31. The monoisotopic (exact) mass is 646 g/mol. The molecule has 2 aromatic rings. The Bertz CT molecular complexity index is 1880. The molecule has 0 amide bonds. The van der Waals surface area contributed by atoms with Crippen LogP contribution in [0.4, 0.5) is 5.69 Å². The standard InChI is InChI=1S/C31H38N2O9S2/c1-3-5-13-32(15-17-34)22-7-10-25-28(19-22)42-29-20-23(33(16-18-35)14-6-4-2)8-11-26(29)31(25)27-12-9-24(43(36,37)38)21-30(27)44(39,40)41/h7-12,19-21,34-35H,3-6,13-18H2,1-2H3,(H-,36,37,38,39,40,41). The molecule has 0 fully saturated rings. The minimum absolute atomic E-state index is 0.0462. The van der Waals surface area contributed by atoms with Gasteiger partial charge in [0.2, 0.25) is 5.36 Å². The molecular formula is C31H38N2O9S2. The number of aliphatic hydroxyl groups excluding tert-OH is 2. The van der Waals surface area contributed by atoms with Gasteiger partial charge in [-0.15, -0.1) is 0 Å². The summed E-state index contributed by atoms with van der Waals surface area (Å²) in [5.41, 5.74) is 1.90. The Morgan fingerprint density at radius 1 is 0.841 bits per heavy atom. The van der Waals surface area contributed by atoms with E-state index in [9.17, 15) is 36.2 Å². The smallest absolute Gasteiger partial charge is 0.294 e. The number of benzene rings is 3. The molecule has 1 aliphatic carbocycles. The summed E-state index contributed by atoms with van der Waals surface area (Å²) >= 11 is 0. The van der Waals surface area contributed by atoms with E-state index in [1.165, 1.54) is 6.07 Å². The van der Waals surface area contributed by atoms with Gasteiger partial charge >= 0.3 is 0 Å². The van der Waals surface area contributed by atoms with Gasteiger partial charge < -0.3 is 24.1 Å². The maximum atomic E-state index is 12.5. The van der Waals surface area contributed by atoms with Crippen LogP contribution < -0.4 is 14.8 Å². The Hall–Kier alpha value is -3.33. The molecule has 4 rings (SSSR count). The molecular weight excluding hydrogens is 608 g/mol. The zero-order valence-corrected chi connectivity index (χ0v) is 26.4. The molecule has 1 aliphatic heterocycles. The number of anilines is 1. The van der Waals surface area contributed by atoms with Crippen molar-refractivity contribution in [1.29, 1.82) is 0 Å². The van der Waals surface area contributed by atoms with Crippen molar-refractivity contribution >= 4 is 36.9 Å². The largest absolute Gasteiger partial charge is 0.744 e. The number of hydrogen-bond acceptors (Lipinski definition) is 9. The van der Waals surface area contributed by atoms with Gasteiger partial charge in [0.25, 0.3) is 10.1 Å². The first kappa shape index (κ1) is 33.6. The lowest BCUT2D eigenvalue weighted by molar-refractivity contribution is 0.280. The second-order valence-corrected chi connectivity index (χ2v) is 13.3. The fraction of sp³-hybridized carbons (Fsp3) is 0.387. The highest BCUT2D eigenvalue weighted by molar-refractivity contribution is 7.86. The molecule has 0 saturated carbocycles. The number of rotatable bonds is 14. The van der Waals surface area contributed by atoms with Gasteiger partial charge in [0.05, 0.1) is 22.5 Å². The zero-order chi connectivity index (χ0) is 32.1. The van der Waals surface area contributed by atoms with Crippen molar-refractivity contribution in [3.8, 4) is 22.5 Å². The van der Waals surface area contributed by atoms with Crippen LogP contribution in [0.25, 0.3) is 33.4 Å². The lowest BCUT2D eigenvalue weighted by Crippen LogP contribution is -2.33. The van der Waals surface area contributed by atoms with E-state index in [0.717, 1.165) is 42.8 Å². The van der Waals surface area contributed by atoms with E-state index in [2.05, 4.69) is 13.8 Å². The van der Waals surface area contributed by atoms with E-state index < -0.39 is 30.0 Å². The third-order valence-corrected chi connectivity index (χ3v) is 9.24. The molecule has 0 radical (unpaired) electrons. The molecule has 44 heavy (non-hydrogen) atoms. The summed E-state index contributed by atoms with van der Waals surface area (Å²) in [6.07, 6.45) is 3.69. The summed E-state index contributed by atoms with van der Waals surface area (Å²) in [7, 11) is -10.0. The Morgan fingerprint density at radius 2 is 1.57 bits per heavy atom. The molecule has 13 heteroatoms. The van der Waals surface area contributed by atoms with E-state index >= 15 is 0 Å². The van der Waals surface area contributed by atoms with Gasteiger partial charge in [-0.3, -0.25) is 4.55 Å². The third-order valence-electron chi connectivity index (χ3n) is 7.51. The average molecular weight is 647 g/mol. The molecule has 11 nitrogen and oxygen atoms in total. The number of hydrogen-bond donors (Lipinski definition) is 3. The van der Waals surface area contributed by atoms with Gasteiger partial charge in [0.1, 0.15) is 34.6 Å². The van der Waals surface area contributed by atoms with Crippen molar-refractivity contribution in [2.24, 2.45) is 0 Å². The Balaban J connectivity index is 2.12. The van der Waals surface area contributed by atoms with Crippen LogP contribution in [0.15, 0.2) is 68.8 Å². The lowest BCUT2D eigenvalue weighted by Gasteiger charge is -2.25. The van der Waals surface area contributed by atoms with E-state index in [0.29, 0.717) is 60.1 Å². The maximum Gasteiger partial charge on any atom is 0.294 e. The highest BCUT2D eigenvalue weighted by atomic mass is 32.2. The topological polar surface area (TPSA) is 171 Å². The second kappa shape index (κ2) is 14.2. The minimum atomic E-state index is -5.21. The molecule has 3 N–H and O–H groups in total. The van der Waals surface area contributed by atoms with Crippen molar-refractivity contribution in [2.45, 2.75) is 49.3 Å². The van der Waals surface area contributed by atoms with E-state index in [1.807, 2.05) is 21.6 Å². The predicted octanol–water partition coefficient (Wildman–Crippen LogP) is 3.52. The first-order valence-electron chi connectivity index (χ1n) is 14.6.